The summed E-state index contributed by atoms with van der Waals surface area (Å²) in [7, 11) is 0. The van der Waals surface area contributed by atoms with E-state index < -0.39 is 0 Å². The second-order valence-electron chi connectivity index (χ2n) is 5.15. The van der Waals surface area contributed by atoms with Crippen LogP contribution in [0, 0.1) is 0 Å². The molecule has 1 saturated heterocycles. The van der Waals surface area contributed by atoms with E-state index in [1.165, 1.54) is 11.1 Å². The van der Waals surface area contributed by atoms with Crippen molar-refractivity contribution < 1.29 is 4.74 Å². The first-order valence-corrected chi connectivity index (χ1v) is 7.13. The molecule has 0 spiro atoms. The minimum absolute atomic E-state index is 0.000324. The van der Waals surface area contributed by atoms with E-state index >= 15 is 0 Å². The van der Waals surface area contributed by atoms with Crippen LogP contribution in [0.1, 0.15) is 37.8 Å². The molecule has 0 amide bonds. The quantitative estimate of drug-likeness (QED) is 0.599. The zero-order valence-corrected chi connectivity index (χ0v) is 12.9. The predicted octanol–water partition coefficient (Wildman–Crippen LogP) is 3.71. The maximum absolute atomic E-state index is 5.70. The van der Waals surface area contributed by atoms with Crippen molar-refractivity contribution in [1.29, 1.82) is 0 Å². The van der Waals surface area contributed by atoms with Crippen LogP contribution >= 0.6 is 22.9 Å². The molecular formula is C14H20INO. The van der Waals surface area contributed by atoms with Crippen LogP contribution < -0.4 is 0 Å². The number of hydrogen-bond donors (Lipinski definition) is 0. The summed E-state index contributed by atoms with van der Waals surface area (Å²) < 4.78 is 8.08. The van der Waals surface area contributed by atoms with E-state index in [-0.39, 0.29) is 5.54 Å². The summed E-state index contributed by atoms with van der Waals surface area (Å²) in [4.78, 5) is 0. The Morgan fingerprint density at radius 2 is 2.06 bits per heavy atom. The fourth-order valence-corrected chi connectivity index (χ4v) is 3.03. The fraction of sp³-hybridized carbons (Fsp3) is 0.571. The molecule has 0 radical (unpaired) electrons. The van der Waals surface area contributed by atoms with Gasteiger partial charge in [-0.1, -0.05) is 38.1 Å². The Kier molecular flexibility index (Phi) is 4.10. The van der Waals surface area contributed by atoms with E-state index in [9.17, 15) is 0 Å². The number of rotatable bonds is 2. The summed E-state index contributed by atoms with van der Waals surface area (Å²) in [5, 5.41) is 0. The average Bonchev–Trinajstić information content (AvgIpc) is 2.33. The third-order valence-electron chi connectivity index (χ3n) is 3.51. The lowest BCUT2D eigenvalue weighted by Gasteiger charge is -2.42. The molecule has 1 heterocycles. The van der Waals surface area contributed by atoms with Crippen LogP contribution in [-0.2, 0) is 10.3 Å². The third kappa shape index (κ3) is 2.51. The summed E-state index contributed by atoms with van der Waals surface area (Å²) in [6, 6.07) is 8.75. The van der Waals surface area contributed by atoms with Gasteiger partial charge in [-0.3, -0.25) is 0 Å². The van der Waals surface area contributed by atoms with Crippen molar-refractivity contribution in [3.63, 3.8) is 0 Å². The minimum Gasteiger partial charge on any atom is -0.378 e. The van der Waals surface area contributed by atoms with E-state index in [2.05, 4.69) is 71.0 Å². The number of ether oxygens (including phenoxy) is 1. The first-order chi connectivity index (χ1) is 8.05. The normalized spacial score (nSPS) is 26.4. The molecule has 1 aliphatic heterocycles. The molecule has 2 nitrogen and oxygen atoms in total. The van der Waals surface area contributed by atoms with Gasteiger partial charge in [-0.2, -0.15) is 0 Å². The van der Waals surface area contributed by atoms with Crippen molar-refractivity contribution >= 4 is 22.9 Å². The van der Waals surface area contributed by atoms with Gasteiger partial charge in [0.25, 0.3) is 0 Å². The molecule has 0 aliphatic carbocycles. The second-order valence-corrected chi connectivity index (χ2v) is 6.32. The molecule has 0 N–H and O–H groups in total. The average molecular weight is 345 g/mol. The van der Waals surface area contributed by atoms with E-state index in [1.807, 2.05) is 0 Å². The highest BCUT2D eigenvalue weighted by atomic mass is 127. The molecule has 0 bridgehead atoms. The molecule has 1 aromatic carbocycles. The van der Waals surface area contributed by atoms with Crippen LogP contribution in [0.3, 0.4) is 0 Å². The van der Waals surface area contributed by atoms with Crippen LogP contribution in [0.5, 0.6) is 0 Å². The van der Waals surface area contributed by atoms with Gasteiger partial charge in [0.2, 0.25) is 0 Å². The lowest BCUT2D eigenvalue weighted by molar-refractivity contribution is -0.00594. The van der Waals surface area contributed by atoms with Gasteiger partial charge < -0.3 is 4.74 Å². The molecule has 1 unspecified atom stereocenters. The Morgan fingerprint density at radius 1 is 1.35 bits per heavy atom. The lowest BCUT2D eigenvalue weighted by atomic mass is 9.84. The third-order valence-corrected chi connectivity index (χ3v) is 5.06. The molecule has 0 saturated carbocycles. The number of halogens is 1. The van der Waals surface area contributed by atoms with Gasteiger partial charge in [-0.25, -0.2) is 3.11 Å². The summed E-state index contributed by atoms with van der Waals surface area (Å²) in [5.74, 6) is 0.551. The Bertz CT molecular complexity index is 394. The number of morpholine rings is 1. The molecule has 2 rings (SSSR count). The number of nitrogens with zero attached hydrogens (tertiary/aromatic N) is 1. The summed E-state index contributed by atoms with van der Waals surface area (Å²) in [5.41, 5.74) is 2.84. The van der Waals surface area contributed by atoms with Crippen LogP contribution in [0.25, 0.3) is 0 Å². The highest BCUT2D eigenvalue weighted by Crippen LogP contribution is 2.37. The van der Waals surface area contributed by atoms with Crippen molar-refractivity contribution in [1.82, 2.24) is 3.11 Å². The van der Waals surface area contributed by atoms with Crippen molar-refractivity contribution in [3.05, 3.63) is 35.4 Å². The summed E-state index contributed by atoms with van der Waals surface area (Å²) in [6.07, 6.45) is 0. The van der Waals surface area contributed by atoms with Gasteiger partial charge in [-0.15, -0.1) is 0 Å². The highest BCUT2D eigenvalue weighted by molar-refractivity contribution is 14.1. The van der Waals surface area contributed by atoms with Gasteiger partial charge >= 0.3 is 0 Å². The number of benzene rings is 1. The molecule has 94 valence electrons. The van der Waals surface area contributed by atoms with E-state index in [4.69, 9.17) is 4.74 Å². The molecule has 1 atom stereocenters. The van der Waals surface area contributed by atoms with Crippen molar-refractivity contribution in [2.45, 2.75) is 32.2 Å². The largest absolute Gasteiger partial charge is 0.378 e. The minimum atomic E-state index is -0.000324. The van der Waals surface area contributed by atoms with Crippen LogP contribution in [0.4, 0.5) is 0 Å². The van der Waals surface area contributed by atoms with Crippen LogP contribution in [-0.4, -0.2) is 22.9 Å². The summed E-state index contributed by atoms with van der Waals surface area (Å²) in [6.45, 7) is 9.39. The van der Waals surface area contributed by atoms with Gasteiger partial charge in [0.1, 0.15) is 0 Å². The Hall–Kier alpha value is -0.130. The van der Waals surface area contributed by atoms with Crippen LogP contribution in [0.2, 0.25) is 0 Å². The van der Waals surface area contributed by atoms with E-state index in [0.717, 1.165) is 19.8 Å². The number of hydrogen-bond acceptors (Lipinski definition) is 2. The predicted molar refractivity (Wildman–Crippen MR) is 79.4 cm³/mol. The zero-order valence-electron chi connectivity index (χ0n) is 10.7. The van der Waals surface area contributed by atoms with Gasteiger partial charge in [0.05, 0.1) is 18.8 Å². The Labute approximate surface area is 118 Å². The smallest absolute Gasteiger partial charge is 0.0762 e. The molecule has 1 fully saturated rings. The van der Waals surface area contributed by atoms with Crippen molar-refractivity contribution in [2.75, 3.05) is 19.8 Å². The van der Waals surface area contributed by atoms with Gasteiger partial charge in [0, 0.05) is 29.4 Å². The van der Waals surface area contributed by atoms with E-state index in [0.29, 0.717) is 5.92 Å². The lowest BCUT2D eigenvalue weighted by Crippen LogP contribution is -2.47. The van der Waals surface area contributed by atoms with Crippen LogP contribution in [0.15, 0.2) is 24.3 Å². The maximum atomic E-state index is 5.70. The van der Waals surface area contributed by atoms with Gasteiger partial charge in [0.15, 0.2) is 0 Å². The highest BCUT2D eigenvalue weighted by Gasteiger charge is 2.37. The molecule has 3 heteroatoms. The Morgan fingerprint density at radius 3 is 2.71 bits per heavy atom. The monoisotopic (exact) mass is 345 g/mol. The fourth-order valence-electron chi connectivity index (χ4n) is 2.43. The zero-order chi connectivity index (χ0) is 12.5. The molecule has 17 heavy (non-hydrogen) atoms. The standard InChI is InChI=1S/C14H20INO/c1-11(2)12-6-4-5-7-13(12)14(3)10-17-9-8-16(14)15/h4-7,11H,8-10H2,1-3H3. The Balaban J connectivity index is 2.44. The maximum Gasteiger partial charge on any atom is 0.0762 e. The second kappa shape index (κ2) is 5.24. The van der Waals surface area contributed by atoms with E-state index in [1.54, 1.807) is 0 Å². The first kappa shape index (κ1) is 13.3. The molecule has 1 aliphatic rings. The topological polar surface area (TPSA) is 12.5 Å². The molecule has 0 aromatic heterocycles. The first-order valence-electron chi connectivity index (χ1n) is 6.16. The molecular weight excluding hydrogens is 325 g/mol. The van der Waals surface area contributed by atoms with Crippen molar-refractivity contribution in [3.8, 4) is 0 Å². The van der Waals surface area contributed by atoms with Gasteiger partial charge in [-0.05, 0) is 24.0 Å². The van der Waals surface area contributed by atoms with Crippen molar-refractivity contribution in [2.24, 2.45) is 0 Å². The SMILES string of the molecule is CC(C)c1ccccc1C1(C)COCCN1I. The summed E-state index contributed by atoms with van der Waals surface area (Å²) >= 11 is 2.43. The molecule has 1 aromatic rings.